The quantitative estimate of drug-likeness (QED) is 0.651. The van der Waals surface area contributed by atoms with Crippen molar-refractivity contribution in [3.05, 3.63) is 59.9 Å². The molecule has 1 heterocycles. The van der Waals surface area contributed by atoms with Crippen LogP contribution >= 0.6 is 0 Å². The minimum absolute atomic E-state index is 0.140. The highest BCUT2D eigenvalue weighted by atomic mass is 32.2. The fourth-order valence-corrected chi connectivity index (χ4v) is 4.64. The number of carbonyl (C=O) groups excluding carboxylic acids is 1. The van der Waals surface area contributed by atoms with Gasteiger partial charge in [0.15, 0.2) is 0 Å². The first kappa shape index (κ1) is 23.2. The van der Waals surface area contributed by atoms with E-state index < -0.39 is 38.5 Å². The molecule has 1 aliphatic rings. The summed E-state index contributed by atoms with van der Waals surface area (Å²) in [4.78, 5) is 13.3. The Balaban J connectivity index is 1.55. The number of para-hydroxylation sites is 1. The molecule has 0 saturated carbocycles. The molecule has 168 valence electrons. The number of likely N-dealkylation sites (tertiary alicyclic amines) is 1. The van der Waals surface area contributed by atoms with Crippen LogP contribution in [0.3, 0.4) is 0 Å². The molecule has 0 bridgehead atoms. The molecule has 1 aliphatic heterocycles. The Bertz CT molecular complexity index is 1020. The van der Waals surface area contributed by atoms with Crippen LogP contribution in [0, 0.1) is 5.82 Å². The van der Waals surface area contributed by atoms with Crippen LogP contribution < -0.4 is 10.0 Å². The first-order chi connectivity index (χ1) is 14.5. The van der Waals surface area contributed by atoms with Gasteiger partial charge in [0.2, 0.25) is 15.9 Å². The Morgan fingerprint density at radius 2 is 1.71 bits per heavy atom. The number of sulfonamides is 1. The van der Waals surface area contributed by atoms with Crippen molar-refractivity contribution in [1.82, 2.24) is 9.62 Å². The number of benzene rings is 2. The molecule has 0 aromatic heterocycles. The summed E-state index contributed by atoms with van der Waals surface area (Å²) in [6.45, 7) is 1.01. The number of anilines is 1. The van der Waals surface area contributed by atoms with E-state index in [0.29, 0.717) is 43.8 Å². The molecular weight excluding hydrogens is 438 g/mol. The molecule has 11 heteroatoms. The van der Waals surface area contributed by atoms with Crippen LogP contribution in [0.5, 0.6) is 0 Å². The second-order valence-corrected chi connectivity index (χ2v) is 8.94. The molecule has 0 spiro atoms. The first-order valence-corrected chi connectivity index (χ1v) is 11.0. The predicted molar refractivity (Wildman–Crippen MR) is 106 cm³/mol. The highest BCUT2D eigenvalue weighted by Gasteiger charge is 2.35. The first-order valence-electron chi connectivity index (χ1n) is 9.51. The number of carbonyl (C=O) groups is 1. The number of piperidine rings is 1. The number of nitrogens with one attached hydrogen (secondary N) is 2. The highest BCUT2D eigenvalue weighted by Crippen LogP contribution is 2.32. The van der Waals surface area contributed by atoms with Gasteiger partial charge in [0, 0.05) is 24.8 Å². The molecule has 1 amide bonds. The topological polar surface area (TPSA) is 78.5 Å². The zero-order valence-corrected chi connectivity index (χ0v) is 17.1. The average Bonchev–Trinajstić information content (AvgIpc) is 2.69. The zero-order valence-electron chi connectivity index (χ0n) is 16.3. The average molecular weight is 459 g/mol. The summed E-state index contributed by atoms with van der Waals surface area (Å²) in [5, 5.41) is 2.77. The maximum Gasteiger partial charge on any atom is 0.419 e. The molecule has 0 radical (unpaired) electrons. The predicted octanol–water partition coefficient (Wildman–Crippen LogP) is 3.23. The van der Waals surface area contributed by atoms with Crippen molar-refractivity contribution in [3.63, 3.8) is 0 Å². The molecule has 2 aromatic rings. The van der Waals surface area contributed by atoms with Gasteiger partial charge < -0.3 is 5.32 Å². The molecule has 0 unspecified atom stereocenters. The van der Waals surface area contributed by atoms with Crippen molar-refractivity contribution < 1.29 is 30.8 Å². The Hall–Kier alpha value is -2.50. The number of rotatable bonds is 6. The van der Waals surface area contributed by atoms with E-state index in [1.165, 1.54) is 0 Å². The van der Waals surface area contributed by atoms with Crippen molar-refractivity contribution in [2.45, 2.75) is 30.0 Å². The molecule has 0 atom stereocenters. The molecule has 31 heavy (non-hydrogen) atoms. The second kappa shape index (κ2) is 9.33. The number of nitrogens with zero attached hydrogens (tertiary/aromatic N) is 1. The maximum absolute atomic E-state index is 13.4. The highest BCUT2D eigenvalue weighted by molar-refractivity contribution is 7.89. The van der Waals surface area contributed by atoms with E-state index in [9.17, 15) is 30.8 Å². The van der Waals surface area contributed by atoms with Crippen LogP contribution in [0.15, 0.2) is 53.4 Å². The number of halogens is 4. The minimum atomic E-state index is -5.00. The lowest BCUT2D eigenvalue weighted by atomic mass is 10.1. The van der Waals surface area contributed by atoms with E-state index in [1.807, 2.05) is 11.0 Å². The Labute approximate surface area is 177 Å². The second-order valence-electron chi connectivity index (χ2n) is 7.23. The third-order valence-corrected chi connectivity index (χ3v) is 6.41. The number of alkyl halides is 3. The molecule has 6 nitrogen and oxygen atoms in total. The van der Waals surface area contributed by atoms with Gasteiger partial charge in [-0.2, -0.15) is 13.2 Å². The van der Waals surface area contributed by atoms with Crippen LogP contribution in [-0.2, 0) is 21.0 Å². The van der Waals surface area contributed by atoms with Crippen molar-refractivity contribution in [2.75, 3.05) is 25.0 Å². The van der Waals surface area contributed by atoms with Gasteiger partial charge >= 0.3 is 6.18 Å². The van der Waals surface area contributed by atoms with Gasteiger partial charge in [-0.1, -0.05) is 18.2 Å². The van der Waals surface area contributed by atoms with Crippen molar-refractivity contribution in [3.8, 4) is 0 Å². The molecule has 2 N–H and O–H groups in total. The summed E-state index contributed by atoms with van der Waals surface area (Å²) in [6.07, 6.45) is -4.24. The fourth-order valence-electron chi connectivity index (χ4n) is 3.31. The van der Waals surface area contributed by atoms with E-state index in [-0.39, 0.29) is 12.5 Å². The van der Waals surface area contributed by atoms with Crippen LogP contribution in [0.1, 0.15) is 18.4 Å². The lowest BCUT2D eigenvalue weighted by molar-refractivity contribution is -0.140. The van der Waals surface area contributed by atoms with Crippen LogP contribution in [0.2, 0.25) is 0 Å². The smallest absolute Gasteiger partial charge is 0.325 e. The van der Waals surface area contributed by atoms with Crippen molar-refractivity contribution >= 4 is 21.6 Å². The third kappa shape index (κ3) is 6.25. The van der Waals surface area contributed by atoms with E-state index in [0.717, 1.165) is 6.07 Å². The third-order valence-electron chi connectivity index (χ3n) is 4.89. The summed E-state index contributed by atoms with van der Waals surface area (Å²) in [7, 11) is -4.26. The molecular formula is C20H21F4N3O3S. The largest absolute Gasteiger partial charge is 0.419 e. The number of hydrogen-bond donors (Lipinski definition) is 2. The minimum Gasteiger partial charge on any atom is -0.325 e. The summed E-state index contributed by atoms with van der Waals surface area (Å²) >= 11 is 0. The molecule has 3 rings (SSSR count). The van der Waals surface area contributed by atoms with Crippen molar-refractivity contribution in [2.24, 2.45) is 0 Å². The van der Waals surface area contributed by atoms with Gasteiger partial charge in [0.25, 0.3) is 0 Å². The Morgan fingerprint density at radius 3 is 2.32 bits per heavy atom. The molecule has 0 aliphatic carbocycles. The monoisotopic (exact) mass is 459 g/mol. The molecule has 1 saturated heterocycles. The van der Waals surface area contributed by atoms with Gasteiger partial charge in [-0.3, -0.25) is 9.69 Å². The van der Waals surface area contributed by atoms with Gasteiger partial charge in [0.05, 0.1) is 17.0 Å². The number of hydrogen-bond acceptors (Lipinski definition) is 4. The summed E-state index contributed by atoms with van der Waals surface area (Å²) in [6, 6.07) is 10.0. The fraction of sp³-hybridized carbons (Fsp3) is 0.350. The SMILES string of the molecule is O=C(CN1CCC(NS(=O)(=O)c2ccc(F)c(C(F)(F)F)c2)CC1)Nc1ccccc1. The van der Waals surface area contributed by atoms with Crippen molar-refractivity contribution in [1.29, 1.82) is 0 Å². The lowest BCUT2D eigenvalue weighted by Crippen LogP contribution is -2.46. The van der Waals surface area contributed by atoms with Crippen LogP contribution in [0.25, 0.3) is 0 Å². The molecule has 1 fully saturated rings. The van der Waals surface area contributed by atoms with E-state index in [4.69, 9.17) is 0 Å². The molecule has 2 aromatic carbocycles. The van der Waals surface area contributed by atoms with E-state index >= 15 is 0 Å². The lowest BCUT2D eigenvalue weighted by Gasteiger charge is -2.31. The van der Waals surface area contributed by atoms with Crippen LogP contribution in [-0.4, -0.2) is 44.9 Å². The van der Waals surface area contributed by atoms with E-state index in [2.05, 4.69) is 10.0 Å². The zero-order chi connectivity index (χ0) is 22.6. The number of amides is 1. The van der Waals surface area contributed by atoms with Gasteiger partial charge in [-0.05, 0) is 43.2 Å². The normalized spacial score (nSPS) is 16.3. The summed E-state index contributed by atoms with van der Waals surface area (Å²) < 4.78 is 79.4. The van der Waals surface area contributed by atoms with Gasteiger partial charge in [-0.25, -0.2) is 17.5 Å². The Kier molecular flexibility index (Phi) is 6.97. The van der Waals surface area contributed by atoms with Crippen LogP contribution in [0.4, 0.5) is 23.2 Å². The summed E-state index contributed by atoms with van der Waals surface area (Å²) in [5.41, 5.74) is -0.956. The van der Waals surface area contributed by atoms with Gasteiger partial charge in [0.1, 0.15) is 5.82 Å². The summed E-state index contributed by atoms with van der Waals surface area (Å²) in [5.74, 6) is -1.73. The van der Waals surface area contributed by atoms with Gasteiger partial charge in [-0.15, -0.1) is 0 Å². The Morgan fingerprint density at radius 1 is 1.06 bits per heavy atom. The van der Waals surface area contributed by atoms with E-state index in [1.54, 1.807) is 24.3 Å². The standard InChI is InChI=1S/C20H21F4N3O3S/c21-18-7-6-16(12-17(18)20(22,23)24)31(29,30)26-15-8-10-27(11-9-15)13-19(28)25-14-4-2-1-3-5-14/h1-7,12,15,26H,8-11,13H2,(H,25,28). The maximum atomic E-state index is 13.4.